The van der Waals surface area contributed by atoms with Gasteiger partial charge in [0.25, 0.3) is 11.8 Å². The van der Waals surface area contributed by atoms with Crippen molar-refractivity contribution in [2.75, 3.05) is 20.3 Å². The maximum atomic E-state index is 13.4. The third kappa shape index (κ3) is 3.83. The van der Waals surface area contributed by atoms with Crippen molar-refractivity contribution < 1.29 is 28.6 Å². The fourth-order valence-electron chi connectivity index (χ4n) is 4.51. The normalized spacial score (nSPS) is 16.2. The van der Waals surface area contributed by atoms with E-state index < -0.39 is 5.97 Å². The van der Waals surface area contributed by atoms with Gasteiger partial charge in [-0.2, -0.15) is 0 Å². The maximum Gasteiger partial charge on any atom is 0.333 e. The second-order valence-corrected chi connectivity index (χ2v) is 8.21. The summed E-state index contributed by atoms with van der Waals surface area (Å²) in [7, 11) is 1.53. The van der Waals surface area contributed by atoms with Crippen LogP contribution < -0.4 is 9.47 Å². The third-order valence-electron chi connectivity index (χ3n) is 6.06. The Morgan fingerprint density at radius 3 is 2.19 bits per heavy atom. The number of methoxy groups -OCH3 is 1. The summed E-state index contributed by atoms with van der Waals surface area (Å²) in [4.78, 5) is 39.8. The molecule has 2 aromatic carbocycles. The number of hydrogen-bond acceptors (Lipinski definition) is 6. The van der Waals surface area contributed by atoms with Gasteiger partial charge in [-0.3, -0.25) is 14.5 Å². The Balaban J connectivity index is 1.69. The average molecular weight is 437 g/mol. The molecular weight excluding hydrogens is 410 g/mol. The van der Waals surface area contributed by atoms with Crippen LogP contribution in [-0.2, 0) is 9.53 Å². The molecule has 7 nitrogen and oxygen atoms in total. The Labute approximate surface area is 186 Å². The zero-order valence-corrected chi connectivity index (χ0v) is 18.4. The second-order valence-electron chi connectivity index (χ2n) is 8.21. The van der Waals surface area contributed by atoms with Gasteiger partial charge < -0.3 is 14.2 Å². The molecule has 2 aromatic rings. The largest absolute Gasteiger partial charge is 0.496 e. The lowest BCUT2D eigenvalue weighted by molar-refractivity contribution is -0.139. The van der Waals surface area contributed by atoms with Crippen molar-refractivity contribution in [3.8, 4) is 11.5 Å². The highest BCUT2D eigenvalue weighted by Crippen LogP contribution is 2.42. The van der Waals surface area contributed by atoms with Crippen molar-refractivity contribution in [2.45, 2.75) is 45.1 Å². The van der Waals surface area contributed by atoms with Crippen LogP contribution in [0.3, 0.4) is 0 Å². The summed E-state index contributed by atoms with van der Waals surface area (Å²) in [5, 5.41) is 1.11. The first-order valence-corrected chi connectivity index (χ1v) is 10.9. The summed E-state index contributed by atoms with van der Waals surface area (Å²) in [6.07, 6.45) is 4.87. The lowest BCUT2D eigenvalue weighted by atomic mass is 9.88. The highest BCUT2D eigenvalue weighted by atomic mass is 16.6. The molecule has 0 atom stereocenters. The minimum atomic E-state index is -0.484. The molecule has 1 aliphatic carbocycles. The van der Waals surface area contributed by atoms with Gasteiger partial charge in [-0.25, -0.2) is 4.79 Å². The van der Waals surface area contributed by atoms with Gasteiger partial charge in [-0.15, -0.1) is 0 Å². The number of carbonyl (C=O) groups is 3. The first-order valence-electron chi connectivity index (χ1n) is 10.9. The standard InChI is InChI=1S/C25H27NO6/c1-15(2)25(29)32-14-13-31-20-12-10-18-21-17(9-11-19(30-3)22(20)21)23(27)26(24(18)28)16-7-5-4-6-8-16/h9-12,16H,1,4-8,13-14H2,2-3H3. The number of carbonyl (C=O) groups excluding carboxylic acids is 3. The van der Waals surface area contributed by atoms with Crippen LogP contribution in [-0.4, -0.2) is 49.0 Å². The molecule has 0 N–H and O–H groups in total. The number of ether oxygens (including phenoxy) is 3. The van der Waals surface area contributed by atoms with E-state index in [1.807, 2.05) is 0 Å². The minimum Gasteiger partial charge on any atom is -0.496 e. The van der Waals surface area contributed by atoms with Crippen molar-refractivity contribution in [3.63, 3.8) is 0 Å². The fourth-order valence-corrected chi connectivity index (χ4v) is 4.51. The second kappa shape index (κ2) is 9.02. The van der Waals surface area contributed by atoms with Crippen molar-refractivity contribution in [1.82, 2.24) is 4.90 Å². The SMILES string of the molecule is C=C(C)C(=O)OCCOc1ccc2c3c(ccc(OC)c13)C(=O)N(C1CCCCC1)C2=O. The number of amides is 2. The monoisotopic (exact) mass is 437 g/mol. The molecule has 4 rings (SSSR count). The molecule has 1 fully saturated rings. The lowest BCUT2D eigenvalue weighted by Gasteiger charge is -2.36. The van der Waals surface area contributed by atoms with Crippen LogP contribution in [0.5, 0.6) is 11.5 Å². The molecule has 168 valence electrons. The van der Waals surface area contributed by atoms with Gasteiger partial charge in [0.1, 0.15) is 24.7 Å². The van der Waals surface area contributed by atoms with Crippen molar-refractivity contribution >= 4 is 28.6 Å². The van der Waals surface area contributed by atoms with E-state index in [0.29, 0.717) is 39.0 Å². The zero-order valence-electron chi connectivity index (χ0n) is 18.4. The van der Waals surface area contributed by atoms with E-state index in [9.17, 15) is 14.4 Å². The van der Waals surface area contributed by atoms with E-state index >= 15 is 0 Å². The topological polar surface area (TPSA) is 82.1 Å². The van der Waals surface area contributed by atoms with Crippen LogP contribution in [0.1, 0.15) is 59.7 Å². The Kier molecular flexibility index (Phi) is 6.17. The number of rotatable bonds is 7. The van der Waals surface area contributed by atoms with E-state index in [1.54, 1.807) is 31.2 Å². The summed E-state index contributed by atoms with van der Waals surface area (Å²) >= 11 is 0. The maximum absolute atomic E-state index is 13.4. The van der Waals surface area contributed by atoms with E-state index in [0.717, 1.165) is 32.1 Å². The first kappa shape index (κ1) is 21.9. The van der Waals surface area contributed by atoms with Crippen LogP contribution >= 0.6 is 0 Å². The summed E-state index contributed by atoms with van der Waals surface area (Å²) in [6.45, 7) is 5.27. The third-order valence-corrected chi connectivity index (χ3v) is 6.06. The van der Waals surface area contributed by atoms with Gasteiger partial charge in [-0.1, -0.05) is 25.8 Å². The molecule has 0 spiro atoms. The molecule has 2 aliphatic rings. The van der Waals surface area contributed by atoms with E-state index in [4.69, 9.17) is 14.2 Å². The molecule has 0 aromatic heterocycles. The number of esters is 1. The average Bonchev–Trinajstić information content (AvgIpc) is 2.80. The summed E-state index contributed by atoms with van der Waals surface area (Å²) in [5.41, 5.74) is 1.26. The quantitative estimate of drug-likeness (QED) is 0.278. The number of hydrogen-bond donors (Lipinski definition) is 0. The highest BCUT2D eigenvalue weighted by molar-refractivity contribution is 6.27. The van der Waals surface area contributed by atoms with Gasteiger partial charge >= 0.3 is 5.97 Å². The smallest absolute Gasteiger partial charge is 0.333 e. The van der Waals surface area contributed by atoms with Gasteiger partial charge in [-0.05, 0) is 44.0 Å². The summed E-state index contributed by atoms with van der Waals surface area (Å²) in [5.74, 6) is -0.0574. The lowest BCUT2D eigenvalue weighted by Crippen LogP contribution is -2.47. The Morgan fingerprint density at radius 2 is 1.59 bits per heavy atom. The van der Waals surface area contributed by atoms with Crippen LogP contribution in [0.4, 0.5) is 0 Å². The van der Waals surface area contributed by atoms with Gasteiger partial charge in [0.05, 0.1) is 12.5 Å². The molecule has 7 heteroatoms. The van der Waals surface area contributed by atoms with Crippen molar-refractivity contribution in [1.29, 1.82) is 0 Å². The molecular formula is C25H27NO6. The van der Waals surface area contributed by atoms with Gasteiger partial charge in [0.2, 0.25) is 0 Å². The summed E-state index contributed by atoms with van der Waals surface area (Å²) < 4.78 is 16.5. The molecule has 1 heterocycles. The molecule has 1 saturated carbocycles. The number of benzene rings is 2. The van der Waals surface area contributed by atoms with Gasteiger partial charge in [0.15, 0.2) is 0 Å². The molecule has 0 bridgehead atoms. The Bertz CT molecular complexity index is 1080. The van der Waals surface area contributed by atoms with Crippen LogP contribution in [0.2, 0.25) is 0 Å². The molecule has 0 unspecified atom stereocenters. The van der Waals surface area contributed by atoms with Crippen LogP contribution in [0, 0.1) is 0 Å². The number of nitrogens with zero attached hydrogens (tertiary/aromatic N) is 1. The summed E-state index contributed by atoms with van der Waals surface area (Å²) in [6, 6.07) is 6.78. The van der Waals surface area contributed by atoms with E-state index in [-0.39, 0.29) is 31.1 Å². The molecule has 2 amide bonds. The Hall–Kier alpha value is -3.35. The minimum absolute atomic E-state index is 0.0459. The molecule has 0 saturated heterocycles. The highest BCUT2D eigenvalue weighted by Gasteiger charge is 2.38. The van der Waals surface area contributed by atoms with E-state index in [2.05, 4.69) is 6.58 Å². The molecule has 32 heavy (non-hydrogen) atoms. The number of imide groups is 1. The van der Waals surface area contributed by atoms with Crippen molar-refractivity contribution in [2.24, 2.45) is 0 Å². The zero-order chi connectivity index (χ0) is 22.8. The predicted molar refractivity (Wildman–Crippen MR) is 119 cm³/mol. The van der Waals surface area contributed by atoms with Gasteiger partial charge in [0, 0.05) is 28.1 Å². The van der Waals surface area contributed by atoms with Crippen LogP contribution in [0.25, 0.3) is 10.8 Å². The Morgan fingerprint density at radius 1 is 0.969 bits per heavy atom. The fraction of sp³-hybridized carbons (Fsp3) is 0.400. The van der Waals surface area contributed by atoms with E-state index in [1.165, 1.54) is 12.0 Å². The van der Waals surface area contributed by atoms with Crippen molar-refractivity contribution in [3.05, 3.63) is 47.5 Å². The van der Waals surface area contributed by atoms with Crippen LogP contribution in [0.15, 0.2) is 36.4 Å². The molecule has 1 aliphatic heterocycles. The first-order chi connectivity index (χ1) is 15.4. The molecule has 0 radical (unpaired) electrons. The predicted octanol–water partition coefficient (Wildman–Crippen LogP) is 4.28.